The summed E-state index contributed by atoms with van der Waals surface area (Å²) in [6.45, 7) is 1.86. The molecule has 94 valence electrons. The van der Waals surface area contributed by atoms with Crippen molar-refractivity contribution in [2.24, 2.45) is 0 Å². The van der Waals surface area contributed by atoms with Crippen LogP contribution in [-0.2, 0) is 0 Å². The molecule has 0 aliphatic rings. The van der Waals surface area contributed by atoms with Gasteiger partial charge in [-0.25, -0.2) is 18.7 Å². The summed E-state index contributed by atoms with van der Waals surface area (Å²) in [5.41, 5.74) is 1.11. The number of nitrogens with one attached hydrogen (secondary N) is 1. The lowest BCUT2D eigenvalue weighted by atomic mass is 10.1. The molecule has 0 aliphatic carbocycles. The van der Waals surface area contributed by atoms with Crippen LogP contribution in [-0.4, -0.2) is 17.0 Å². The van der Waals surface area contributed by atoms with Gasteiger partial charge in [-0.3, -0.25) is 0 Å². The topological polar surface area (TPSA) is 37.8 Å². The molecule has 1 heterocycles. The van der Waals surface area contributed by atoms with Crippen LogP contribution >= 0.6 is 0 Å². The van der Waals surface area contributed by atoms with Gasteiger partial charge in [0.15, 0.2) is 0 Å². The van der Waals surface area contributed by atoms with Crippen molar-refractivity contribution in [1.29, 1.82) is 0 Å². The van der Waals surface area contributed by atoms with Crippen LogP contribution in [0.5, 0.6) is 0 Å². The predicted octanol–water partition coefficient (Wildman–Crippen LogP) is 2.37. The third kappa shape index (κ3) is 2.51. The third-order valence-electron chi connectivity index (χ3n) is 2.62. The van der Waals surface area contributed by atoms with Crippen LogP contribution in [0.3, 0.4) is 0 Å². The van der Waals surface area contributed by atoms with Crippen LogP contribution in [0.25, 0.3) is 0 Å². The summed E-state index contributed by atoms with van der Waals surface area (Å²) in [6.07, 6.45) is 3.29. The number of rotatable bonds is 3. The lowest BCUT2D eigenvalue weighted by Gasteiger charge is -2.16. The zero-order valence-corrected chi connectivity index (χ0v) is 10.1. The van der Waals surface area contributed by atoms with Crippen LogP contribution in [0.2, 0.25) is 0 Å². The minimum atomic E-state index is -0.568. The van der Waals surface area contributed by atoms with E-state index in [0.29, 0.717) is 5.82 Å². The van der Waals surface area contributed by atoms with Gasteiger partial charge in [-0.2, -0.15) is 0 Å². The number of halogens is 2. The van der Waals surface area contributed by atoms with Crippen molar-refractivity contribution in [3.63, 3.8) is 0 Å². The van der Waals surface area contributed by atoms with E-state index in [2.05, 4.69) is 15.3 Å². The lowest BCUT2D eigenvalue weighted by Crippen LogP contribution is -2.21. The van der Waals surface area contributed by atoms with E-state index < -0.39 is 17.7 Å². The van der Waals surface area contributed by atoms with Gasteiger partial charge in [0, 0.05) is 18.0 Å². The standard InChI is InChI=1S/C13H13F2N3/c1-8-6-17-13(18-7-8)12(16-2)10-5-9(14)3-4-11(10)15/h3-7,12,16H,1-2H3. The smallest absolute Gasteiger partial charge is 0.149 e. The molecule has 0 saturated heterocycles. The van der Waals surface area contributed by atoms with E-state index >= 15 is 0 Å². The largest absolute Gasteiger partial charge is 0.307 e. The van der Waals surface area contributed by atoms with Gasteiger partial charge in [-0.1, -0.05) is 0 Å². The molecule has 1 N–H and O–H groups in total. The van der Waals surface area contributed by atoms with Crippen LogP contribution in [0, 0.1) is 18.6 Å². The number of nitrogens with zero attached hydrogens (tertiary/aromatic N) is 2. The Morgan fingerprint density at radius 1 is 1.17 bits per heavy atom. The summed E-state index contributed by atoms with van der Waals surface area (Å²) in [5.74, 6) is -0.564. The van der Waals surface area contributed by atoms with Gasteiger partial charge >= 0.3 is 0 Å². The van der Waals surface area contributed by atoms with Crippen molar-refractivity contribution in [3.05, 3.63) is 59.2 Å². The molecule has 1 aromatic carbocycles. The van der Waals surface area contributed by atoms with Gasteiger partial charge in [-0.15, -0.1) is 0 Å². The van der Waals surface area contributed by atoms with Gasteiger partial charge in [0.05, 0.1) is 6.04 Å². The maximum atomic E-state index is 13.7. The average molecular weight is 249 g/mol. The Morgan fingerprint density at radius 2 is 1.83 bits per heavy atom. The van der Waals surface area contributed by atoms with E-state index in [9.17, 15) is 8.78 Å². The maximum absolute atomic E-state index is 13.7. The fourth-order valence-corrected chi connectivity index (χ4v) is 1.71. The number of benzene rings is 1. The van der Waals surface area contributed by atoms with E-state index in [-0.39, 0.29) is 5.56 Å². The van der Waals surface area contributed by atoms with Crippen molar-refractivity contribution >= 4 is 0 Å². The second-order valence-corrected chi connectivity index (χ2v) is 4.01. The average Bonchev–Trinajstić information content (AvgIpc) is 2.37. The molecule has 2 aromatic rings. The summed E-state index contributed by atoms with van der Waals surface area (Å²) >= 11 is 0. The Hall–Kier alpha value is -1.88. The van der Waals surface area contributed by atoms with Gasteiger partial charge in [0.25, 0.3) is 0 Å². The highest BCUT2D eigenvalue weighted by Crippen LogP contribution is 2.22. The normalized spacial score (nSPS) is 12.4. The van der Waals surface area contributed by atoms with Gasteiger partial charge in [0.1, 0.15) is 17.5 Å². The summed E-state index contributed by atoms with van der Waals surface area (Å²) < 4.78 is 26.9. The van der Waals surface area contributed by atoms with E-state index in [1.54, 1.807) is 19.4 Å². The zero-order chi connectivity index (χ0) is 13.1. The Kier molecular flexibility index (Phi) is 3.62. The quantitative estimate of drug-likeness (QED) is 0.907. The van der Waals surface area contributed by atoms with Crippen molar-refractivity contribution in [2.45, 2.75) is 13.0 Å². The van der Waals surface area contributed by atoms with Crippen molar-refractivity contribution in [2.75, 3.05) is 7.05 Å². The maximum Gasteiger partial charge on any atom is 0.149 e. The van der Waals surface area contributed by atoms with E-state index in [4.69, 9.17) is 0 Å². The molecule has 1 atom stereocenters. The highest BCUT2D eigenvalue weighted by atomic mass is 19.1. The summed E-state index contributed by atoms with van der Waals surface area (Å²) in [7, 11) is 1.65. The molecule has 0 aliphatic heterocycles. The highest BCUT2D eigenvalue weighted by molar-refractivity contribution is 5.27. The summed E-state index contributed by atoms with van der Waals surface area (Å²) in [4.78, 5) is 8.27. The Bertz CT molecular complexity index is 540. The monoisotopic (exact) mass is 249 g/mol. The van der Waals surface area contributed by atoms with Gasteiger partial charge in [0.2, 0.25) is 0 Å². The van der Waals surface area contributed by atoms with Crippen molar-refractivity contribution < 1.29 is 8.78 Å². The minimum absolute atomic E-state index is 0.196. The molecule has 3 nitrogen and oxygen atoms in total. The molecule has 5 heteroatoms. The minimum Gasteiger partial charge on any atom is -0.307 e. The number of hydrogen-bond acceptors (Lipinski definition) is 3. The molecule has 18 heavy (non-hydrogen) atoms. The molecular formula is C13H13F2N3. The lowest BCUT2D eigenvalue weighted by molar-refractivity contribution is 0.547. The molecule has 0 amide bonds. The molecule has 0 fully saturated rings. The fourth-order valence-electron chi connectivity index (χ4n) is 1.71. The molecule has 1 unspecified atom stereocenters. The predicted molar refractivity (Wildman–Crippen MR) is 64.0 cm³/mol. The second-order valence-electron chi connectivity index (χ2n) is 4.01. The molecular weight excluding hydrogens is 236 g/mol. The van der Waals surface area contributed by atoms with Crippen LogP contribution in [0.4, 0.5) is 8.78 Å². The number of hydrogen-bond donors (Lipinski definition) is 1. The summed E-state index contributed by atoms with van der Waals surface area (Å²) in [5, 5.41) is 2.89. The van der Waals surface area contributed by atoms with Crippen LogP contribution < -0.4 is 5.32 Å². The fraction of sp³-hybridized carbons (Fsp3) is 0.231. The molecule has 0 radical (unpaired) electrons. The molecule has 0 saturated carbocycles. The van der Waals surface area contributed by atoms with E-state index in [1.165, 1.54) is 0 Å². The van der Waals surface area contributed by atoms with Gasteiger partial charge in [-0.05, 0) is 37.7 Å². The molecule has 2 rings (SSSR count). The van der Waals surface area contributed by atoms with E-state index in [0.717, 1.165) is 23.8 Å². The van der Waals surface area contributed by atoms with Gasteiger partial charge < -0.3 is 5.32 Å². The van der Waals surface area contributed by atoms with Crippen molar-refractivity contribution in [1.82, 2.24) is 15.3 Å². The Balaban J connectivity index is 2.44. The van der Waals surface area contributed by atoms with E-state index in [1.807, 2.05) is 6.92 Å². The first-order valence-corrected chi connectivity index (χ1v) is 5.52. The SMILES string of the molecule is CNC(c1ncc(C)cn1)c1cc(F)ccc1F. The zero-order valence-electron chi connectivity index (χ0n) is 10.1. The molecule has 0 spiro atoms. The second kappa shape index (κ2) is 5.18. The number of aromatic nitrogens is 2. The number of aryl methyl sites for hydroxylation is 1. The molecule has 0 bridgehead atoms. The highest BCUT2D eigenvalue weighted by Gasteiger charge is 2.19. The van der Waals surface area contributed by atoms with Crippen LogP contribution in [0.1, 0.15) is 23.0 Å². The third-order valence-corrected chi connectivity index (χ3v) is 2.62. The van der Waals surface area contributed by atoms with Crippen LogP contribution in [0.15, 0.2) is 30.6 Å². The molecule has 1 aromatic heterocycles. The van der Waals surface area contributed by atoms with Crippen molar-refractivity contribution in [3.8, 4) is 0 Å². The first-order chi connectivity index (χ1) is 8.61. The first-order valence-electron chi connectivity index (χ1n) is 5.52. The summed E-state index contributed by atoms with van der Waals surface area (Å²) in [6, 6.07) is 2.77. The first kappa shape index (κ1) is 12.6. The Morgan fingerprint density at radius 3 is 2.44 bits per heavy atom. The Labute approximate surface area is 104 Å².